The number of amides is 2. The number of anilines is 2. The van der Waals surface area contributed by atoms with Crippen LogP contribution in [0.4, 0.5) is 11.4 Å². The van der Waals surface area contributed by atoms with Crippen LogP contribution in [-0.2, 0) is 14.3 Å². The summed E-state index contributed by atoms with van der Waals surface area (Å²) in [5.74, 6) is 0.234. The quantitative estimate of drug-likeness (QED) is 0.482. The molecule has 2 aliphatic heterocycles. The summed E-state index contributed by atoms with van der Waals surface area (Å²) in [6.07, 6.45) is 0.200. The molecule has 0 aromatic heterocycles. The molecular formula is C27H24N2O6S. The number of fused-ring (bicyclic) bond motifs is 2. The maximum absolute atomic E-state index is 13.4. The molecule has 2 aliphatic rings. The van der Waals surface area contributed by atoms with Crippen molar-refractivity contribution in [1.82, 2.24) is 0 Å². The van der Waals surface area contributed by atoms with Crippen LogP contribution in [-0.4, -0.2) is 37.7 Å². The smallest absolute Gasteiger partial charge is 0.340 e. The number of thioether (sulfide) groups is 1. The normalized spacial score (nSPS) is 16.2. The fourth-order valence-electron chi connectivity index (χ4n) is 4.16. The van der Waals surface area contributed by atoms with E-state index in [1.807, 2.05) is 42.5 Å². The number of nitrogens with one attached hydrogen (secondary N) is 1. The number of hydrogen-bond acceptors (Lipinski definition) is 7. The van der Waals surface area contributed by atoms with Crippen LogP contribution >= 0.6 is 11.8 Å². The van der Waals surface area contributed by atoms with E-state index >= 15 is 0 Å². The molecule has 0 radical (unpaired) electrons. The van der Waals surface area contributed by atoms with Crippen LogP contribution in [0.1, 0.15) is 34.5 Å². The molecule has 2 heterocycles. The second kappa shape index (κ2) is 10.3. The maximum Gasteiger partial charge on any atom is 0.340 e. The van der Waals surface area contributed by atoms with Crippen molar-refractivity contribution in [2.24, 2.45) is 0 Å². The second-order valence-electron chi connectivity index (χ2n) is 8.19. The van der Waals surface area contributed by atoms with Gasteiger partial charge in [-0.2, -0.15) is 0 Å². The molecule has 8 nitrogen and oxygen atoms in total. The van der Waals surface area contributed by atoms with E-state index < -0.39 is 11.9 Å². The van der Waals surface area contributed by atoms with Crippen molar-refractivity contribution < 1.29 is 28.6 Å². The number of nitrogens with zero attached hydrogens (tertiary/aromatic N) is 1. The van der Waals surface area contributed by atoms with Gasteiger partial charge in [0.2, 0.25) is 18.6 Å². The van der Waals surface area contributed by atoms with E-state index in [4.69, 9.17) is 14.2 Å². The SMILES string of the molecule is CCOC(=O)c1ccccc1NC(=O)CN1C(=O)CC(c2ccc3c(c2)OCO3)Sc2ccccc21. The Morgan fingerprint density at radius 3 is 2.69 bits per heavy atom. The van der Waals surface area contributed by atoms with E-state index in [1.54, 1.807) is 43.0 Å². The number of hydrogen-bond donors (Lipinski definition) is 1. The Bertz CT molecular complexity index is 1330. The first-order valence-corrected chi connectivity index (χ1v) is 12.4. The van der Waals surface area contributed by atoms with Crippen LogP contribution in [0.3, 0.4) is 0 Å². The summed E-state index contributed by atoms with van der Waals surface area (Å²) in [5, 5.41) is 2.61. The zero-order chi connectivity index (χ0) is 25.1. The predicted molar refractivity (Wildman–Crippen MR) is 136 cm³/mol. The van der Waals surface area contributed by atoms with Crippen LogP contribution in [0.25, 0.3) is 0 Å². The number of carbonyl (C=O) groups is 3. The van der Waals surface area contributed by atoms with Crippen LogP contribution in [0.5, 0.6) is 11.5 Å². The summed E-state index contributed by atoms with van der Waals surface area (Å²) < 4.78 is 16.0. The van der Waals surface area contributed by atoms with Gasteiger partial charge in [-0.25, -0.2) is 4.79 Å². The highest BCUT2D eigenvalue weighted by Gasteiger charge is 2.31. The number of para-hydroxylation sites is 2. The van der Waals surface area contributed by atoms with Gasteiger partial charge < -0.3 is 24.4 Å². The molecule has 0 bridgehead atoms. The first-order valence-electron chi connectivity index (χ1n) is 11.5. The number of rotatable bonds is 6. The van der Waals surface area contributed by atoms with Gasteiger partial charge in [-0.05, 0) is 48.9 Å². The first kappa shape index (κ1) is 23.7. The minimum atomic E-state index is -0.521. The molecule has 0 saturated carbocycles. The summed E-state index contributed by atoms with van der Waals surface area (Å²) >= 11 is 1.58. The Kier molecular flexibility index (Phi) is 6.81. The fraction of sp³-hybridized carbons (Fsp3) is 0.222. The van der Waals surface area contributed by atoms with Gasteiger partial charge in [0.15, 0.2) is 11.5 Å². The van der Waals surface area contributed by atoms with E-state index in [9.17, 15) is 14.4 Å². The lowest BCUT2D eigenvalue weighted by Gasteiger charge is -2.22. The molecule has 0 saturated heterocycles. The van der Waals surface area contributed by atoms with Gasteiger partial charge in [0.25, 0.3) is 0 Å². The Hall–Kier alpha value is -3.98. The molecule has 1 N–H and O–H groups in total. The highest BCUT2D eigenvalue weighted by atomic mass is 32.2. The topological polar surface area (TPSA) is 94.2 Å². The largest absolute Gasteiger partial charge is 0.462 e. The molecule has 1 unspecified atom stereocenters. The zero-order valence-corrected chi connectivity index (χ0v) is 20.4. The van der Waals surface area contributed by atoms with E-state index in [2.05, 4.69) is 5.32 Å². The minimum Gasteiger partial charge on any atom is -0.462 e. The van der Waals surface area contributed by atoms with Gasteiger partial charge in [0, 0.05) is 16.6 Å². The summed E-state index contributed by atoms with van der Waals surface area (Å²) in [4.78, 5) is 41.2. The zero-order valence-electron chi connectivity index (χ0n) is 19.6. The van der Waals surface area contributed by atoms with Gasteiger partial charge >= 0.3 is 5.97 Å². The van der Waals surface area contributed by atoms with E-state index in [-0.39, 0.29) is 43.1 Å². The molecule has 36 heavy (non-hydrogen) atoms. The molecule has 3 aromatic carbocycles. The average molecular weight is 505 g/mol. The van der Waals surface area contributed by atoms with Crippen molar-refractivity contribution in [3.8, 4) is 11.5 Å². The Morgan fingerprint density at radius 2 is 1.83 bits per heavy atom. The summed E-state index contributed by atoms with van der Waals surface area (Å²) in [7, 11) is 0. The monoisotopic (exact) mass is 504 g/mol. The number of esters is 1. The first-order chi connectivity index (χ1) is 17.5. The number of benzene rings is 3. The highest BCUT2D eigenvalue weighted by molar-refractivity contribution is 7.99. The number of ether oxygens (including phenoxy) is 3. The fourth-order valence-corrected chi connectivity index (χ4v) is 5.43. The molecule has 1 atom stereocenters. The average Bonchev–Trinajstić information content (AvgIpc) is 3.30. The number of carbonyl (C=O) groups excluding carboxylic acids is 3. The highest BCUT2D eigenvalue weighted by Crippen LogP contribution is 2.47. The van der Waals surface area contributed by atoms with Crippen molar-refractivity contribution in [3.63, 3.8) is 0 Å². The Balaban J connectivity index is 1.38. The predicted octanol–water partition coefficient (Wildman–Crippen LogP) is 4.80. The second-order valence-corrected chi connectivity index (χ2v) is 9.43. The van der Waals surface area contributed by atoms with Crippen molar-refractivity contribution >= 4 is 40.9 Å². The van der Waals surface area contributed by atoms with Crippen LogP contribution in [0.2, 0.25) is 0 Å². The van der Waals surface area contributed by atoms with Crippen LogP contribution in [0, 0.1) is 0 Å². The van der Waals surface area contributed by atoms with E-state index in [1.165, 1.54) is 4.90 Å². The Labute approximate surface area is 212 Å². The van der Waals surface area contributed by atoms with Crippen molar-refractivity contribution in [2.75, 3.05) is 30.2 Å². The van der Waals surface area contributed by atoms with Gasteiger partial charge in [-0.15, -0.1) is 11.8 Å². The van der Waals surface area contributed by atoms with Crippen molar-refractivity contribution in [3.05, 3.63) is 77.9 Å². The maximum atomic E-state index is 13.4. The molecule has 9 heteroatoms. The molecule has 2 amide bonds. The molecule has 0 spiro atoms. The molecule has 5 rings (SSSR count). The molecule has 0 aliphatic carbocycles. The minimum absolute atomic E-state index is 0.161. The van der Waals surface area contributed by atoms with Crippen molar-refractivity contribution in [1.29, 1.82) is 0 Å². The molecule has 3 aromatic rings. The lowest BCUT2D eigenvalue weighted by Crippen LogP contribution is -2.38. The molecule has 0 fully saturated rings. The van der Waals surface area contributed by atoms with Gasteiger partial charge in [-0.1, -0.05) is 30.3 Å². The van der Waals surface area contributed by atoms with E-state index in [0.717, 1.165) is 10.5 Å². The van der Waals surface area contributed by atoms with Gasteiger partial charge in [0.05, 0.1) is 23.5 Å². The third-order valence-electron chi connectivity index (χ3n) is 5.85. The summed E-state index contributed by atoms with van der Waals surface area (Å²) in [6.45, 7) is 1.93. The lowest BCUT2D eigenvalue weighted by atomic mass is 10.1. The van der Waals surface area contributed by atoms with E-state index in [0.29, 0.717) is 22.9 Å². The third kappa shape index (κ3) is 4.87. The van der Waals surface area contributed by atoms with Gasteiger partial charge in [-0.3, -0.25) is 9.59 Å². The van der Waals surface area contributed by atoms with Crippen LogP contribution < -0.4 is 19.7 Å². The third-order valence-corrected chi connectivity index (χ3v) is 7.18. The molecular weight excluding hydrogens is 480 g/mol. The summed E-state index contributed by atoms with van der Waals surface area (Å²) in [6, 6.07) is 19.9. The molecule has 184 valence electrons. The van der Waals surface area contributed by atoms with Gasteiger partial charge in [0.1, 0.15) is 6.54 Å². The lowest BCUT2D eigenvalue weighted by molar-refractivity contribution is -0.121. The Morgan fingerprint density at radius 1 is 1.06 bits per heavy atom. The standard InChI is InChI=1S/C27H24N2O6S/c1-2-33-27(32)18-7-3-4-8-19(18)28-25(30)15-29-20-9-5-6-10-23(20)36-24(14-26(29)31)17-11-12-21-22(13-17)35-16-34-21/h3-13,24H,2,14-16H2,1H3,(H,28,30). The van der Waals surface area contributed by atoms with Crippen LogP contribution in [0.15, 0.2) is 71.6 Å². The van der Waals surface area contributed by atoms with Crippen molar-refractivity contribution in [2.45, 2.75) is 23.5 Å². The summed E-state index contributed by atoms with van der Waals surface area (Å²) in [5.41, 5.74) is 2.21.